The van der Waals surface area contributed by atoms with Gasteiger partial charge in [-0.15, -0.1) is 0 Å². The number of benzene rings is 2. The third-order valence-corrected chi connectivity index (χ3v) is 6.02. The summed E-state index contributed by atoms with van der Waals surface area (Å²) in [5, 5.41) is 9.40. The van der Waals surface area contributed by atoms with Gasteiger partial charge in [-0.05, 0) is 47.4 Å². The number of carbonyl (C=O) groups is 1. The monoisotopic (exact) mass is 365 g/mol. The average Bonchev–Trinajstić information content (AvgIpc) is 3.26. The third kappa shape index (κ3) is 3.46. The normalized spacial score (nSPS) is 21.0. The highest BCUT2D eigenvalue weighted by atomic mass is 16.6. The summed E-state index contributed by atoms with van der Waals surface area (Å²) in [6.45, 7) is 2.86. The average molecular weight is 365 g/mol. The molecule has 1 amide bonds. The third-order valence-electron chi connectivity index (χ3n) is 6.02. The van der Waals surface area contributed by atoms with Crippen molar-refractivity contribution >= 4 is 6.09 Å². The quantitative estimate of drug-likeness (QED) is 0.853. The standard InChI is InChI=1S/C23H27NO3/c1-16-10-11-17(14-16)24(12-13-25)23(26)27-15-22-20-8-4-2-6-18(20)19-7-3-5-9-21(19)22/h2-9,16-17,22,25H,10-15H2,1H3. The van der Waals surface area contributed by atoms with E-state index in [2.05, 4.69) is 31.2 Å². The highest BCUT2D eigenvalue weighted by Crippen LogP contribution is 2.44. The molecule has 2 aliphatic carbocycles. The zero-order chi connectivity index (χ0) is 18.8. The van der Waals surface area contributed by atoms with Gasteiger partial charge in [-0.3, -0.25) is 0 Å². The predicted octanol–water partition coefficient (Wildman–Crippen LogP) is 4.42. The van der Waals surface area contributed by atoms with Gasteiger partial charge in [-0.1, -0.05) is 55.5 Å². The van der Waals surface area contributed by atoms with Crippen molar-refractivity contribution in [1.82, 2.24) is 4.90 Å². The fraction of sp³-hybridized carbons (Fsp3) is 0.435. The van der Waals surface area contributed by atoms with Gasteiger partial charge >= 0.3 is 6.09 Å². The number of hydrogen-bond acceptors (Lipinski definition) is 3. The maximum absolute atomic E-state index is 12.8. The predicted molar refractivity (Wildman–Crippen MR) is 106 cm³/mol. The van der Waals surface area contributed by atoms with Crippen molar-refractivity contribution in [3.63, 3.8) is 0 Å². The van der Waals surface area contributed by atoms with Gasteiger partial charge in [0.1, 0.15) is 6.61 Å². The van der Waals surface area contributed by atoms with Crippen LogP contribution in [-0.2, 0) is 4.74 Å². The highest BCUT2D eigenvalue weighted by molar-refractivity contribution is 5.79. The number of aliphatic hydroxyl groups excluding tert-OH is 1. The number of carbonyl (C=O) groups excluding carboxylic acids is 1. The van der Waals surface area contributed by atoms with E-state index in [0.29, 0.717) is 19.1 Å². The van der Waals surface area contributed by atoms with Crippen molar-refractivity contribution in [2.75, 3.05) is 19.8 Å². The van der Waals surface area contributed by atoms with E-state index in [1.165, 1.54) is 22.3 Å². The first kappa shape index (κ1) is 18.1. The van der Waals surface area contributed by atoms with Crippen molar-refractivity contribution in [2.45, 2.75) is 38.1 Å². The first-order valence-electron chi connectivity index (χ1n) is 9.91. The molecule has 4 heteroatoms. The van der Waals surface area contributed by atoms with E-state index < -0.39 is 0 Å². The summed E-state index contributed by atoms with van der Waals surface area (Å²) in [5.41, 5.74) is 4.89. The Kier molecular flexibility index (Phi) is 5.17. The number of ether oxygens (including phenoxy) is 1. The first-order chi connectivity index (χ1) is 13.2. The van der Waals surface area contributed by atoms with Crippen LogP contribution in [0.15, 0.2) is 48.5 Å². The molecule has 2 aromatic carbocycles. The summed E-state index contributed by atoms with van der Waals surface area (Å²) < 4.78 is 5.78. The van der Waals surface area contributed by atoms with Gasteiger partial charge in [0.25, 0.3) is 0 Å². The van der Waals surface area contributed by atoms with Crippen LogP contribution in [0, 0.1) is 5.92 Å². The lowest BCUT2D eigenvalue weighted by molar-refractivity contribution is 0.0750. The molecular weight excluding hydrogens is 338 g/mol. The molecule has 0 radical (unpaired) electrons. The molecule has 1 fully saturated rings. The molecular formula is C23H27NO3. The van der Waals surface area contributed by atoms with E-state index in [0.717, 1.165) is 19.3 Å². The molecule has 4 nitrogen and oxygen atoms in total. The van der Waals surface area contributed by atoms with Crippen molar-refractivity contribution in [2.24, 2.45) is 5.92 Å². The molecule has 0 aliphatic heterocycles. The van der Waals surface area contributed by atoms with Gasteiger partial charge in [-0.25, -0.2) is 4.79 Å². The maximum Gasteiger partial charge on any atom is 0.410 e. The number of nitrogens with zero attached hydrogens (tertiary/aromatic N) is 1. The minimum absolute atomic E-state index is 0.0327. The Bertz CT molecular complexity index is 773. The Morgan fingerprint density at radius 2 is 1.70 bits per heavy atom. The molecule has 2 unspecified atom stereocenters. The molecule has 1 N–H and O–H groups in total. The fourth-order valence-electron chi connectivity index (χ4n) is 4.67. The molecule has 142 valence electrons. The smallest absolute Gasteiger partial charge is 0.410 e. The van der Waals surface area contributed by atoms with E-state index in [9.17, 15) is 9.90 Å². The summed E-state index contributed by atoms with van der Waals surface area (Å²) in [6.07, 6.45) is 2.81. The van der Waals surface area contributed by atoms with Crippen LogP contribution in [0.1, 0.15) is 43.2 Å². The number of amides is 1. The van der Waals surface area contributed by atoms with E-state index in [4.69, 9.17) is 4.74 Å². The zero-order valence-corrected chi connectivity index (χ0v) is 15.8. The topological polar surface area (TPSA) is 49.8 Å². The lowest BCUT2D eigenvalue weighted by atomic mass is 9.98. The van der Waals surface area contributed by atoms with Crippen LogP contribution >= 0.6 is 0 Å². The molecule has 1 saturated carbocycles. The highest BCUT2D eigenvalue weighted by Gasteiger charge is 2.33. The van der Waals surface area contributed by atoms with Gasteiger partial charge in [0, 0.05) is 18.5 Å². The van der Waals surface area contributed by atoms with E-state index in [1.54, 1.807) is 4.90 Å². The maximum atomic E-state index is 12.8. The summed E-state index contributed by atoms with van der Waals surface area (Å²) in [7, 11) is 0. The van der Waals surface area contributed by atoms with Crippen LogP contribution in [0.5, 0.6) is 0 Å². The lowest BCUT2D eigenvalue weighted by Crippen LogP contribution is -2.41. The summed E-state index contributed by atoms with van der Waals surface area (Å²) in [5.74, 6) is 0.692. The number of fused-ring (bicyclic) bond motifs is 3. The van der Waals surface area contributed by atoms with Crippen molar-refractivity contribution in [3.8, 4) is 11.1 Å². The number of aliphatic hydroxyl groups is 1. The zero-order valence-electron chi connectivity index (χ0n) is 15.8. The van der Waals surface area contributed by atoms with Crippen molar-refractivity contribution < 1.29 is 14.6 Å². The number of rotatable bonds is 5. The van der Waals surface area contributed by atoms with Crippen LogP contribution in [0.25, 0.3) is 11.1 Å². The van der Waals surface area contributed by atoms with Crippen molar-refractivity contribution in [1.29, 1.82) is 0 Å². The Hall–Kier alpha value is -2.33. The largest absolute Gasteiger partial charge is 0.448 e. The van der Waals surface area contributed by atoms with Gasteiger partial charge in [0.15, 0.2) is 0 Å². The second-order valence-corrected chi connectivity index (χ2v) is 7.79. The molecule has 27 heavy (non-hydrogen) atoms. The molecule has 2 atom stereocenters. The molecule has 2 aliphatic rings. The first-order valence-corrected chi connectivity index (χ1v) is 9.91. The van der Waals surface area contributed by atoms with Crippen molar-refractivity contribution in [3.05, 3.63) is 59.7 Å². The van der Waals surface area contributed by atoms with E-state index >= 15 is 0 Å². The lowest BCUT2D eigenvalue weighted by Gasteiger charge is -2.28. The second-order valence-electron chi connectivity index (χ2n) is 7.79. The van der Waals surface area contributed by atoms with Crippen LogP contribution in [0.2, 0.25) is 0 Å². The van der Waals surface area contributed by atoms with E-state index in [1.807, 2.05) is 24.3 Å². The summed E-state index contributed by atoms with van der Waals surface area (Å²) >= 11 is 0. The fourth-order valence-corrected chi connectivity index (χ4v) is 4.67. The Morgan fingerprint density at radius 3 is 2.26 bits per heavy atom. The Labute approximate surface area is 160 Å². The molecule has 4 rings (SSSR count). The van der Waals surface area contributed by atoms with Crippen LogP contribution in [0.3, 0.4) is 0 Å². The minimum Gasteiger partial charge on any atom is -0.448 e. The summed E-state index contributed by atoms with van der Waals surface area (Å²) in [4.78, 5) is 14.5. The Morgan fingerprint density at radius 1 is 1.07 bits per heavy atom. The van der Waals surface area contributed by atoms with Gasteiger partial charge < -0.3 is 14.7 Å². The van der Waals surface area contributed by atoms with Gasteiger partial charge in [0.05, 0.1) is 6.61 Å². The molecule has 0 bridgehead atoms. The minimum atomic E-state index is -0.301. The molecule has 0 spiro atoms. The van der Waals surface area contributed by atoms with Crippen LogP contribution in [-0.4, -0.2) is 41.9 Å². The summed E-state index contributed by atoms with van der Waals surface area (Å²) in [6, 6.07) is 16.9. The molecule has 0 saturated heterocycles. The van der Waals surface area contributed by atoms with Crippen LogP contribution < -0.4 is 0 Å². The second kappa shape index (κ2) is 7.73. The van der Waals surface area contributed by atoms with Gasteiger partial charge in [-0.2, -0.15) is 0 Å². The molecule has 0 heterocycles. The van der Waals surface area contributed by atoms with Crippen LogP contribution in [0.4, 0.5) is 4.79 Å². The van der Waals surface area contributed by atoms with Gasteiger partial charge in [0.2, 0.25) is 0 Å². The number of hydrogen-bond donors (Lipinski definition) is 1. The SMILES string of the molecule is CC1CCC(N(CCO)C(=O)OCC2c3ccccc3-c3ccccc32)C1. The molecule has 0 aromatic heterocycles. The van der Waals surface area contributed by atoms with E-state index in [-0.39, 0.29) is 24.7 Å². The molecule has 2 aromatic rings. The Balaban J connectivity index is 1.50.